The molecule has 0 saturated heterocycles. The van der Waals surface area contributed by atoms with Crippen molar-refractivity contribution in [3.05, 3.63) is 36.0 Å². The Morgan fingerprint density at radius 3 is 2.77 bits per heavy atom. The van der Waals surface area contributed by atoms with Gasteiger partial charge in [-0.15, -0.1) is 0 Å². The van der Waals surface area contributed by atoms with Crippen LogP contribution < -0.4 is 15.0 Å². The average molecular weight is 360 g/mol. The molecule has 0 aromatic heterocycles. The Hall–Kier alpha value is -2.34. The summed E-state index contributed by atoms with van der Waals surface area (Å²) in [6.45, 7) is 3.37. The monoisotopic (exact) mass is 360 g/mol. The lowest BCUT2D eigenvalue weighted by atomic mass is 10.2. The first kappa shape index (κ1) is 20.0. The lowest BCUT2D eigenvalue weighted by Gasteiger charge is -2.24. The standard InChI is InChI=1S/C20H29N3O3/c1-4-12-23(17-9-5-6-10-17)20(25)15-22(2)14-19(24)21-16-8-7-11-18(13-16)26-3/h7-9,11,13H,4-6,10,12,14-15H2,1-3H3,(H,21,24)/p+1. The molecule has 0 aliphatic heterocycles. The second kappa shape index (κ2) is 9.97. The van der Waals surface area contributed by atoms with Gasteiger partial charge in [-0.3, -0.25) is 9.59 Å². The zero-order valence-electron chi connectivity index (χ0n) is 16.0. The molecule has 1 aliphatic rings. The van der Waals surface area contributed by atoms with Crippen LogP contribution in [0.4, 0.5) is 5.69 Å². The molecule has 1 aromatic carbocycles. The molecule has 2 N–H and O–H groups in total. The third kappa shape index (κ3) is 5.88. The van der Waals surface area contributed by atoms with E-state index in [4.69, 9.17) is 4.74 Å². The van der Waals surface area contributed by atoms with E-state index in [0.29, 0.717) is 18.0 Å². The molecular weight excluding hydrogens is 330 g/mol. The van der Waals surface area contributed by atoms with Gasteiger partial charge in [0, 0.05) is 24.0 Å². The van der Waals surface area contributed by atoms with Gasteiger partial charge < -0.3 is 19.9 Å². The van der Waals surface area contributed by atoms with Crippen molar-refractivity contribution in [1.29, 1.82) is 0 Å². The molecular formula is C20H30N3O3+. The summed E-state index contributed by atoms with van der Waals surface area (Å²) in [5.41, 5.74) is 1.84. The third-order valence-electron chi connectivity index (χ3n) is 4.38. The maximum atomic E-state index is 12.7. The van der Waals surface area contributed by atoms with Gasteiger partial charge in [-0.2, -0.15) is 0 Å². The maximum Gasteiger partial charge on any atom is 0.281 e. The van der Waals surface area contributed by atoms with E-state index in [1.165, 1.54) is 0 Å². The van der Waals surface area contributed by atoms with Crippen LogP contribution in [0.15, 0.2) is 36.0 Å². The Labute approximate surface area is 155 Å². The number of quaternary nitrogens is 1. The molecule has 0 heterocycles. The number of hydrogen-bond donors (Lipinski definition) is 2. The Kier molecular flexibility index (Phi) is 7.66. The summed E-state index contributed by atoms with van der Waals surface area (Å²) < 4.78 is 5.16. The van der Waals surface area contributed by atoms with Crippen LogP contribution in [0.3, 0.4) is 0 Å². The second-order valence-electron chi connectivity index (χ2n) is 6.72. The molecule has 6 nitrogen and oxygen atoms in total. The largest absolute Gasteiger partial charge is 0.497 e. The fraction of sp³-hybridized carbons (Fsp3) is 0.500. The zero-order valence-corrected chi connectivity index (χ0v) is 16.0. The van der Waals surface area contributed by atoms with E-state index in [-0.39, 0.29) is 18.4 Å². The first-order valence-electron chi connectivity index (χ1n) is 9.28. The third-order valence-corrected chi connectivity index (χ3v) is 4.38. The molecule has 142 valence electrons. The Morgan fingerprint density at radius 2 is 2.12 bits per heavy atom. The van der Waals surface area contributed by atoms with E-state index in [1.54, 1.807) is 13.2 Å². The van der Waals surface area contributed by atoms with Crippen LogP contribution in [-0.4, -0.2) is 50.5 Å². The Morgan fingerprint density at radius 1 is 1.31 bits per heavy atom. The summed E-state index contributed by atoms with van der Waals surface area (Å²) >= 11 is 0. The van der Waals surface area contributed by atoms with Gasteiger partial charge in [0.2, 0.25) is 0 Å². The SMILES string of the molecule is CCCN(C(=O)C[NH+](C)CC(=O)Nc1cccc(OC)c1)C1=CCCC1. The molecule has 1 atom stereocenters. The van der Waals surface area contributed by atoms with E-state index < -0.39 is 0 Å². The van der Waals surface area contributed by atoms with E-state index in [2.05, 4.69) is 18.3 Å². The van der Waals surface area contributed by atoms with Crippen LogP contribution >= 0.6 is 0 Å². The number of ether oxygens (including phenoxy) is 1. The summed E-state index contributed by atoms with van der Waals surface area (Å²) in [4.78, 5) is 27.7. The van der Waals surface area contributed by atoms with Crippen molar-refractivity contribution in [3.63, 3.8) is 0 Å². The van der Waals surface area contributed by atoms with Gasteiger partial charge in [0.25, 0.3) is 11.8 Å². The number of amides is 2. The van der Waals surface area contributed by atoms with E-state index >= 15 is 0 Å². The van der Waals surface area contributed by atoms with Crippen LogP contribution in [0.2, 0.25) is 0 Å². The number of anilines is 1. The van der Waals surface area contributed by atoms with Crippen molar-refractivity contribution in [2.24, 2.45) is 0 Å². The molecule has 0 saturated carbocycles. The number of rotatable bonds is 9. The number of allylic oxidation sites excluding steroid dienone is 2. The number of benzene rings is 1. The predicted molar refractivity (Wildman–Crippen MR) is 102 cm³/mol. The highest BCUT2D eigenvalue weighted by molar-refractivity contribution is 5.91. The first-order valence-corrected chi connectivity index (χ1v) is 9.28. The van der Waals surface area contributed by atoms with Gasteiger partial charge >= 0.3 is 0 Å². The van der Waals surface area contributed by atoms with Crippen molar-refractivity contribution in [3.8, 4) is 5.75 Å². The lowest BCUT2D eigenvalue weighted by Crippen LogP contribution is -3.11. The van der Waals surface area contributed by atoms with Crippen molar-refractivity contribution in [2.45, 2.75) is 32.6 Å². The summed E-state index contributed by atoms with van der Waals surface area (Å²) in [6.07, 6.45) is 6.24. The molecule has 1 unspecified atom stereocenters. The van der Waals surface area contributed by atoms with Crippen molar-refractivity contribution in [2.75, 3.05) is 39.1 Å². The van der Waals surface area contributed by atoms with Crippen LogP contribution in [0.1, 0.15) is 32.6 Å². The topological polar surface area (TPSA) is 63.1 Å². The molecule has 6 heteroatoms. The molecule has 2 amide bonds. The zero-order chi connectivity index (χ0) is 18.9. The number of carbonyl (C=O) groups is 2. The number of hydrogen-bond acceptors (Lipinski definition) is 3. The Bertz CT molecular complexity index is 657. The van der Waals surface area contributed by atoms with Crippen LogP contribution in [-0.2, 0) is 9.59 Å². The van der Waals surface area contributed by atoms with Gasteiger partial charge in [-0.05, 0) is 37.8 Å². The minimum Gasteiger partial charge on any atom is -0.497 e. The average Bonchev–Trinajstić information content (AvgIpc) is 3.13. The maximum absolute atomic E-state index is 12.7. The van der Waals surface area contributed by atoms with Crippen LogP contribution in [0, 0.1) is 0 Å². The van der Waals surface area contributed by atoms with Crippen LogP contribution in [0.25, 0.3) is 0 Å². The van der Waals surface area contributed by atoms with Crippen LogP contribution in [0.5, 0.6) is 5.75 Å². The number of nitrogens with zero attached hydrogens (tertiary/aromatic N) is 1. The van der Waals surface area contributed by atoms with Gasteiger partial charge in [-0.25, -0.2) is 0 Å². The highest BCUT2D eigenvalue weighted by Crippen LogP contribution is 2.21. The highest BCUT2D eigenvalue weighted by Gasteiger charge is 2.23. The van der Waals surface area contributed by atoms with Crippen molar-refractivity contribution >= 4 is 17.5 Å². The Balaban J connectivity index is 1.86. The molecule has 26 heavy (non-hydrogen) atoms. The fourth-order valence-corrected chi connectivity index (χ4v) is 3.15. The number of nitrogens with one attached hydrogen (secondary N) is 2. The summed E-state index contributed by atoms with van der Waals surface area (Å²) in [7, 11) is 3.46. The van der Waals surface area contributed by atoms with Gasteiger partial charge in [0.15, 0.2) is 13.1 Å². The molecule has 0 radical (unpaired) electrons. The van der Waals surface area contributed by atoms with Crippen molar-refractivity contribution in [1.82, 2.24) is 4.90 Å². The van der Waals surface area contributed by atoms with Gasteiger partial charge in [0.1, 0.15) is 5.75 Å². The number of likely N-dealkylation sites (N-methyl/N-ethyl adjacent to an activating group) is 1. The first-order chi connectivity index (χ1) is 12.5. The minimum atomic E-state index is -0.120. The predicted octanol–water partition coefficient (Wildman–Crippen LogP) is 1.45. The lowest BCUT2D eigenvalue weighted by molar-refractivity contribution is -0.862. The minimum absolute atomic E-state index is 0.0895. The summed E-state index contributed by atoms with van der Waals surface area (Å²) in [5.74, 6) is 0.663. The van der Waals surface area contributed by atoms with Crippen molar-refractivity contribution < 1.29 is 19.2 Å². The van der Waals surface area contributed by atoms with Gasteiger partial charge in [-0.1, -0.05) is 19.1 Å². The van der Waals surface area contributed by atoms with E-state index in [0.717, 1.165) is 42.8 Å². The number of methoxy groups -OCH3 is 1. The molecule has 2 rings (SSSR count). The normalized spacial score (nSPS) is 14.5. The molecule has 1 aliphatic carbocycles. The number of carbonyl (C=O) groups excluding carboxylic acids is 2. The molecule has 0 fully saturated rings. The van der Waals surface area contributed by atoms with E-state index in [1.807, 2.05) is 30.1 Å². The highest BCUT2D eigenvalue weighted by atomic mass is 16.5. The second-order valence-corrected chi connectivity index (χ2v) is 6.72. The van der Waals surface area contributed by atoms with Gasteiger partial charge in [0.05, 0.1) is 14.2 Å². The van der Waals surface area contributed by atoms with E-state index in [9.17, 15) is 9.59 Å². The smallest absolute Gasteiger partial charge is 0.281 e. The summed E-state index contributed by atoms with van der Waals surface area (Å²) in [5, 5.41) is 2.85. The quantitative estimate of drug-likeness (QED) is 0.701. The molecule has 0 spiro atoms. The fourth-order valence-electron chi connectivity index (χ4n) is 3.15. The molecule has 0 bridgehead atoms. The molecule has 1 aromatic rings. The summed E-state index contributed by atoms with van der Waals surface area (Å²) in [6, 6.07) is 7.24.